The van der Waals surface area contributed by atoms with Crippen molar-refractivity contribution in [2.24, 2.45) is 5.92 Å². The van der Waals surface area contributed by atoms with Crippen molar-refractivity contribution in [3.8, 4) is 0 Å². The smallest absolute Gasteiger partial charge is 0.306 e. The number of aromatic amines is 1. The molecule has 1 aromatic carbocycles. The Bertz CT molecular complexity index is 766. The number of fused-ring (bicyclic) bond motifs is 1. The highest BCUT2D eigenvalue weighted by Gasteiger charge is 2.27. The van der Waals surface area contributed by atoms with Gasteiger partial charge < -0.3 is 15.4 Å². The molecular weight excluding hydrogens is 367 g/mol. The Balaban J connectivity index is 1.69. The Morgan fingerprint density at radius 2 is 1.91 bits per heavy atom. The van der Waals surface area contributed by atoms with E-state index in [4.69, 9.17) is 5.11 Å². The first-order valence-corrected chi connectivity index (χ1v) is 8.25. The average Bonchev–Trinajstić information content (AvgIpc) is 2.92. The van der Waals surface area contributed by atoms with E-state index in [-0.39, 0.29) is 17.9 Å². The minimum Gasteiger partial charge on any atom is -0.481 e. The topological polar surface area (TPSA) is 82.2 Å². The number of aliphatic carboxylic acids is 1. The van der Waals surface area contributed by atoms with Gasteiger partial charge in [-0.05, 0) is 43.9 Å². The molecule has 23 heavy (non-hydrogen) atoms. The summed E-state index contributed by atoms with van der Waals surface area (Å²) < 4.78 is 14.5. The summed E-state index contributed by atoms with van der Waals surface area (Å²) in [4.78, 5) is 26.2. The fourth-order valence-electron chi connectivity index (χ4n) is 3.03. The number of nitrogens with one attached hydrogen (secondary N) is 2. The highest BCUT2D eigenvalue weighted by Crippen LogP contribution is 2.26. The van der Waals surface area contributed by atoms with Gasteiger partial charge in [-0.2, -0.15) is 0 Å². The van der Waals surface area contributed by atoms with E-state index in [1.807, 2.05) is 0 Å². The third-order valence-corrected chi connectivity index (χ3v) is 4.77. The molecule has 5 nitrogen and oxygen atoms in total. The van der Waals surface area contributed by atoms with E-state index < -0.39 is 11.8 Å². The summed E-state index contributed by atoms with van der Waals surface area (Å²) in [6.07, 6.45) is 2.41. The zero-order valence-electron chi connectivity index (χ0n) is 12.2. The summed E-state index contributed by atoms with van der Waals surface area (Å²) in [5.74, 6) is -1.78. The van der Waals surface area contributed by atoms with Crippen molar-refractivity contribution in [1.82, 2.24) is 10.3 Å². The minimum atomic E-state index is -0.772. The lowest BCUT2D eigenvalue weighted by Crippen LogP contribution is -2.38. The van der Waals surface area contributed by atoms with Crippen molar-refractivity contribution in [2.75, 3.05) is 0 Å². The van der Waals surface area contributed by atoms with E-state index in [1.54, 1.807) is 6.07 Å². The van der Waals surface area contributed by atoms with Crippen molar-refractivity contribution in [1.29, 1.82) is 0 Å². The van der Waals surface area contributed by atoms with Gasteiger partial charge in [0, 0.05) is 15.9 Å². The number of carboxylic acids is 1. The van der Waals surface area contributed by atoms with Crippen molar-refractivity contribution in [2.45, 2.75) is 31.7 Å². The summed E-state index contributed by atoms with van der Waals surface area (Å²) in [6, 6.07) is 4.52. The van der Waals surface area contributed by atoms with Crippen LogP contribution in [0.2, 0.25) is 0 Å². The molecule has 0 unspecified atom stereocenters. The number of carboxylic acid groups (broad SMARTS) is 1. The molecule has 0 spiro atoms. The SMILES string of the molecule is O=C(NC1CCC(C(=O)O)CC1)c1cc2c(F)cc(Br)cc2[nH]1. The molecule has 1 aliphatic carbocycles. The standard InChI is InChI=1S/C16H16BrFN2O3/c17-9-5-12(18)11-7-14(20-13(11)6-9)15(21)19-10-3-1-8(2-4-10)16(22)23/h5-8,10,20H,1-4H2,(H,19,21)(H,22,23). The lowest BCUT2D eigenvalue weighted by Gasteiger charge is -2.26. The molecule has 1 amide bonds. The second-order valence-electron chi connectivity index (χ2n) is 5.89. The quantitative estimate of drug-likeness (QED) is 0.760. The van der Waals surface area contributed by atoms with E-state index in [1.165, 1.54) is 12.1 Å². The van der Waals surface area contributed by atoms with Gasteiger partial charge >= 0.3 is 5.97 Å². The summed E-state index contributed by atoms with van der Waals surface area (Å²) >= 11 is 3.22. The monoisotopic (exact) mass is 382 g/mol. The van der Waals surface area contributed by atoms with Crippen LogP contribution in [-0.2, 0) is 4.79 Å². The number of carbonyl (C=O) groups excluding carboxylic acids is 1. The average molecular weight is 383 g/mol. The molecule has 0 radical (unpaired) electrons. The van der Waals surface area contributed by atoms with Crippen LogP contribution < -0.4 is 5.32 Å². The fourth-order valence-corrected chi connectivity index (χ4v) is 3.46. The van der Waals surface area contributed by atoms with Crippen LogP contribution in [0.1, 0.15) is 36.2 Å². The molecule has 0 bridgehead atoms. The Morgan fingerprint density at radius 3 is 2.57 bits per heavy atom. The molecule has 1 heterocycles. The van der Waals surface area contributed by atoms with Crippen LogP contribution in [0.5, 0.6) is 0 Å². The number of halogens is 2. The van der Waals surface area contributed by atoms with E-state index in [2.05, 4.69) is 26.2 Å². The predicted molar refractivity (Wildman–Crippen MR) is 86.8 cm³/mol. The third-order valence-electron chi connectivity index (χ3n) is 4.31. The number of hydrogen-bond acceptors (Lipinski definition) is 2. The minimum absolute atomic E-state index is 0.0407. The number of carbonyl (C=O) groups is 2. The summed E-state index contributed by atoms with van der Waals surface area (Å²) in [6.45, 7) is 0. The second kappa shape index (κ2) is 6.31. The lowest BCUT2D eigenvalue weighted by atomic mass is 9.86. The van der Waals surface area contributed by atoms with E-state index in [0.29, 0.717) is 46.8 Å². The molecule has 3 N–H and O–H groups in total. The number of H-pyrrole nitrogens is 1. The summed E-state index contributed by atoms with van der Waals surface area (Å²) in [7, 11) is 0. The molecular formula is C16H16BrFN2O3. The molecule has 0 aliphatic heterocycles. The fraction of sp³-hybridized carbons (Fsp3) is 0.375. The Kier molecular flexibility index (Phi) is 4.39. The number of aromatic nitrogens is 1. The predicted octanol–water partition coefficient (Wildman–Crippen LogP) is 3.44. The van der Waals surface area contributed by atoms with Crippen molar-refractivity contribution in [3.05, 3.63) is 34.2 Å². The molecule has 1 aliphatic rings. The van der Waals surface area contributed by atoms with Gasteiger partial charge in [0.15, 0.2) is 0 Å². The van der Waals surface area contributed by atoms with Gasteiger partial charge in [0.25, 0.3) is 5.91 Å². The zero-order chi connectivity index (χ0) is 16.6. The molecule has 7 heteroatoms. The van der Waals surface area contributed by atoms with Crippen LogP contribution in [0.15, 0.2) is 22.7 Å². The van der Waals surface area contributed by atoms with Crippen LogP contribution in [0, 0.1) is 11.7 Å². The molecule has 1 fully saturated rings. The number of hydrogen-bond donors (Lipinski definition) is 3. The van der Waals surface area contributed by atoms with E-state index in [0.717, 1.165) is 0 Å². The van der Waals surface area contributed by atoms with Crippen LogP contribution in [0.4, 0.5) is 4.39 Å². The highest BCUT2D eigenvalue weighted by molar-refractivity contribution is 9.10. The van der Waals surface area contributed by atoms with Gasteiger partial charge in [-0.15, -0.1) is 0 Å². The molecule has 122 valence electrons. The van der Waals surface area contributed by atoms with Crippen LogP contribution >= 0.6 is 15.9 Å². The highest BCUT2D eigenvalue weighted by atomic mass is 79.9. The largest absolute Gasteiger partial charge is 0.481 e. The maximum absolute atomic E-state index is 13.9. The van der Waals surface area contributed by atoms with Gasteiger partial charge in [-0.3, -0.25) is 9.59 Å². The second-order valence-corrected chi connectivity index (χ2v) is 6.81. The Morgan fingerprint density at radius 1 is 1.22 bits per heavy atom. The van der Waals surface area contributed by atoms with E-state index in [9.17, 15) is 14.0 Å². The number of rotatable bonds is 3. The molecule has 0 atom stereocenters. The summed E-state index contributed by atoms with van der Waals surface area (Å²) in [5, 5.41) is 12.2. The van der Waals surface area contributed by atoms with Gasteiger partial charge in [-0.25, -0.2) is 4.39 Å². The van der Waals surface area contributed by atoms with E-state index >= 15 is 0 Å². The molecule has 0 saturated heterocycles. The number of benzene rings is 1. The van der Waals surface area contributed by atoms with Crippen LogP contribution in [-0.4, -0.2) is 28.0 Å². The van der Waals surface area contributed by atoms with Gasteiger partial charge in [0.2, 0.25) is 0 Å². The maximum Gasteiger partial charge on any atom is 0.306 e. The Labute approximate surface area is 140 Å². The first kappa shape index (κ1) is 16.0. The molecule has 1 saturated carbocycles. The van der Waals surface area contributed by atoms with Crippen molar-refractivity contribution in [3.63, 3.8) is 0 Å². The van der Waals surface area contributed by atoms with Crippen LogP contribution in [0.3, 0.4) is 0 Å². The maximum atomic E-state index is 13.9. The third kappa shape index (κ3) is 3.39. The van der Waals surface area contributed by atoms with Gasteiger partial charge in [-0.1, -0.05) is 15.9 Å². The first-order chi connectivity index (χ1) is 10.9. The molecule has 2 aromatic rings. The lowest BCUT2D eigenvalue weighted by molar-refractivity contribution is -0.142. The van der Waals surface area contributed by atoms with Crippen molar-refractivity contribution >= 4 is 38.7 Å². The van der Waals surface area contributed by atoms with Crippen molar-refractivity contribution < 1.29 is 19.1 Å². The zero-order valence-corrected chi connectivity index (χ0v) is 13.8. The first-order valence-electron chi connectivity index (χ1n) is 7.45. The normalized spacial score (nSPS) is 21.3. The van der Waals surface area contributed by atoms with Gasteiger partial charge in [0.05, 0.1) is 11.4 Å². The Hall–Kier alpha value is -1.89. The number of amides is 1. The summed E-state index contributed by atoms with van der Waals surface area (Å²) in [5.41, 5.74) is 0.856. The molecule has 3 rings (SSSR count). The van der Waals surface area contributed by atoms with Gasteiger partial charge in [0.1, 0.15) is 11.5 Å². The molecule has 1 aromatic heterocycles. The van der Waals surface area contributed by atoms with Crippen LogP contribution in [0.25, 0.3) is 10.9 Å².